The predicted octanol–water partition coefficient (Wildman–Crippen LogP) is 3.28. The molecule has 6 heteroatoms. The average molecular weight is 305 g/mol. The molecule has 0 amide bonds. The Kier molecular flexibility index (Phi) is 4.90. The second-order valence-electron chi connectivity index (χ2n) is 4.73. The van der Waals surface area contributed by atoms with Crippen molar-refractivity contribution < 1.29 is 9.90 Å². The van der Waals surface area contributed by atoms with Crippen LogP contribution < -0.4 is 5.32 Å². The van der Waals surface area contributed by atoms with Gasteiger partial charge in [-0.1, -0.05) is 13.8 Å². The van der Waals surface area contributed by atoms with E-state index in [-0.39, 0.29) is 5.56 Å². The van der Waals surface area contributed by atoms with E-state index in [4.69, 9.17) is 0 Å². The van der Waals surface area contributed by atoms with Crippen LogP contribution in [0.4, 0.5) is 5.82 Å². The molecule has 0 aliphatic carbocycles. The number of hydrogen-bond acceptors (Lipinski definition) is 5. The van der Waals surface area contributed by atoms with Crippen molar-refractivity contribution in [3.05, 3.63) is 38.7 Å². The van der Waals surface area contributed by atoms with Gasteiger partial charge in [-0.3, -0.25) is 0 Å². The Labute approximate surface area is 128 Å². The van der Waals surface area contributed by atoms with Crippen LogP contribution in [-0.2, 0) is 19.4 Å². The summed E-state index contributed by atoms with van der Waals surface area (Å²) in [6, 6.07) is 4.07. The summed E-state index contributed by atoms with van der Waals surface area (Å²) >= 11 is 1.68. The monoisotopic (exact) mass is 305 g/mol. The number of thiophene rings is 1. The highest BCUT2D eigenvalue weighted by Gasteiger charge is 2.20. The van der Waals surface area contributed by atoms with Gasteiger partial charge in [-0.25, -0.2) is 4.79 Å². The number of carboxylic acids is 1. The van der Waals surface area contributed by atoms with Gasteiger partial charge in [0.05, 0.1) is 12.2 Å². The Hall–Kier alpha value is -1.95. The molecule has 5 nitrogen and oxygen atoms in total. The normalized spacial score (nSPS) is 10.6. The first-order chi connectivity index (χ1) is 10.1. The molecule has 112 valence electrons. The molecule has 0 fully saturated rings. The van der Waals surface area contributed by atoms with Gasteiger partial charge in [-0.2, -0.15) is 5.10 Å². The van der Waals surface area contributed by atoms with Crippen LogP contribution in [0.15, 0.2) is 12.1 Å². The van der Waals surface area contributed by atoms with E-state index in [1.807, 2.05) is 32.9 Å². The SMILES string of the molecule is CCc1nnc(NCc2ccc(C)s2)c(C(=O)O)c1CC. The van der Waals surface area contributed by atoms with Crippen molar-refractivity contribution in [3.63, 3.8) is 0 Å². The fourth-order valence-corrected chi connectivity index (χ4v) is 3.11. The fourth-order valence-electron chi connectivity index (χ4n) is 2.28. The van der Waals surface area contributed by atoms with Crippen LogP contribution >= 0.6 is 11.3 Å². The Morgan fingerprint density at radius 1 is 1.29 bits per heavy atom. The topological polar surface area (TPSA) is 75.1 Å². The minimum Gasteiger partial charge on any atom is -0.478 e. The third-order valence-electron chi connectivity index (χ3n) is 3.29. The fraction of sp³-hybridized carbons (Fsp3) is 0.400. The third-order valence-corrected chi connectivity index (χ3v) is 4.29. The summed E-state index contributed by atoms with van der Waals surface area (Å²) in [5.74, 6) is -0.607. The number of carboxylic acid groups (broad SMARTS) is 1. The average Bonchev–Trinajstić information content (AvgIpc) is 2.89. The number of aryl methyl sites for hydroxylation is 2. The summed E-state index contributed by atoms with van der Waals surface area (Å²) in [7, 11) is 0. The number of hydrogen-bond donors (Lipinski definition) is 2. The van der Waals surface area contributed by atoms with Crippen molar-refractivity contribution in [2.75, 3.05) is 5.32 Å². The summed E-state index contributed by atoms with van der Waals surface area (Å²) in [4.78, 5) is 14.0. The maximum atomic E-state index is 11.6. The summed E-state index contributed by atoms with van der Waals surface area (Å²) in [6.07, 6.45) is 1.31. The molecule has 0 saturated carbocycles. The standard InChI is InChI=1S/C15H19N3O2S/c1-4-11-12(5-2)17-18-14(13(11)15(19)20)16-8-10-7-6-9(3)21-10/h6-7H,4-5,8H2,1-3H3,(H,16,18)(H,19,20). The number of nitrogens with zero attached hydrogens (tertiary/aromatic N) is 2. The molecular weight excluding hydrogens is 286 g/mol. The van der Waals surface area contributed by atoms with Crippen molar-refractivity contribution in [1.82, 2.24) is 10.2 Å². The second-order valence-corrected chi connectivity index (χ2v) is 6.10. The molecule has 0 bridgehead atoms. The van der Waals surface area contributed by atoms with E-state index in [2.05, 4.69) is 15.5 Å². The van der Waals surface area contributed by atoms with Gasteiger partial charge in [0.25, 0.3) is 0 Å². The molecule has 0 radical (unpaired) electrons. The molecule has 0 aromatic carbocycles. The van der Waals surface area contributed by atoms with Crippen molar-refractivity contribution in [3.8, 4) is 0 Å². The summed E-state index contributed by atoms with van der Waals surface area (Å²) in [5, 5.41) is 20.8. The van der Waals surface area contributed by atoms with E-state index in [1.165, 1.54) is 4.88 Å². The molecule has 0 aliphatic heterocycles. The van der Waals surface area contributed by atoms with Crippen LogP contribution in [0.3, 0.4) is 0 Å². The summed E-state index contributed by atoms with van der Waals surface area (Å²) < 4.78 is 0. The van der Waals surface area contributed by atoms with Gasteiger partial charge < -0.3 is 10.4 Å². The van der Waals surface area contributed by atoms with Gasteiger partial charge in [-0.05, 0) is 37.5 Å². The van der Waals surface area contributed by atoms with E-state index >= 15 is 0 Å². The van der Waals surface area contributed by atoms with Crippen molar-refractivity contribution in [2.24, 2.45) is 0 Å². The van der Waals surface area contributed by atoms with Gasteiger partial charge >= 0.3 is 5.97 Å². The first-order valence-corrected chi connectivity index (χ1v) is 7.79. The van der Waals surface area contributed by atoms with Crippen LogP contribution in [-0.4, -0.2) is 21.3 Å². The number of anilines is 1. The molecule has 2 N–H and O–H groups in total. The summed E-state index contributed by atoms with van der Waals surface area (Å²) in [6.45, 7) is 6.50. The van der Waals surface area contributed by atoms with Crippen LogP contribution in [0.25, 0.3) is 0 Å². The smallest absolute Gasteiger partial charge is 0.339 e. The van der Waals surface area contributed by atoms with Crippen molar-refractivity contribution in [1.29, 1.82) is 0 Å². The number of nitrogens with one attached hydrogen (secondary N) is 1. The predicted molar refractivity (Wildman–Crippen MR) is 84.1 cm³/mol. The minimum atomic E-state index is -0.957. The van der Waals surface area contributed by atoms with Gasteiger partial charge in [0.15, 0.2) is 5.82 Å². The molecule has 2 aromatic rings. The zero-order valence-electron chi connectivity index (χ0n) is 12.4. The summed E-state index contributed by atoms with van der Waals surface area (Å²) in [5.41, 5.74) is 1.77. The first-order valence-electron chi connectivity index (χ1n) is 6.97. The Bertz CT molecular complexity index is 652. The highest BCUT2D eigenvalue weighted by atomic mass is 32.1. The lowest BCUT2D eigenvalue weighted by atomic mass is 10.0. The largest absolute Gasteiger partial charge is 0.478 e. The van der Waals surface area contributed by atoms with Crippen LogP contribution in [0, 0.1) is 6.92 Å². The van der Waals surface area contributed by atoms with Crippen molar-refractivity contribution in [2.45, 2.75) is 40.2 Å². The molecule has 0 aliphatic rings. The molecule has 0 spiro atoms. The lowest BCUT2D eigenvalue weighted by Crippen LogP contribution is -2.14. The quantitative estimate of drug-likeness (QED) is 0.856. The Balaban J connectivity index is 2.32. The minimum absolute atomic E-state index is 0.248. The first kappa shape index (κ1) is 15.4. The molecule has 21 heavy (non-hydrogen) atoms. The molecule has 2 heterocycles. The molecule has 0 saturated heterocycles. The van der Waals surface area contributed by atoms with Crippen LogP contribution in [0.1, 0.15) is 45.2 Å². The van der Waals surface area contributed by atoms with Crippen molar-refractivity contribution >= 4 is 23.1 Å². The zero-order valence-corrected chi connectivity index (χ0v) is 13.3. The molecular formula is C15H19N3O2S. The number of aromatic nitrogens is 2. The van der Waals surface area contributed by atoms with E-state index in [9.17, 15) is 9.90 Å². The van der Waals surface area contributed by atoms with E-state index in [0.29, 0.717) is 25.2 Å². The van der Waals surface area contributed by atoms with Crippen LogP contribution in [0.5, 0.6) is 0 Å². The third kappa shape index (κ3) is 3.39. The Morgan fingerprint density at radius 2 is 2.05 bits per heavy atom. The van der Waals surface area contributed by atoms with E-state index in [1.54, 1.807) is 11.3 Å². The second kappa shape index (κ2) is 6.67. The molecule has 2 rings (SSSR count). The van der Waals surface area contributed by atoms with Gasteiger partial charge in [0.1, 0.15) is 5.56 Å². The molecule has 0 atom stereocenters. The van der Waals surface area contributed by atoms with E-state index in [0.717, 1.165) is 16.1 Å². The molecule has 0 unspecified atom stereocenters. The lowest BCUT2D eigenvalue weighted by Gasteiger charge is -2.13. The lowest BCUT2D eigenvalue weighted by molar-refractivity contribution is 0.0696. The highest BCUT2D eigenvalue weighted by molar-refractivity contribution is 7.11. The number of aromatic carboxylic acids is 1. The highest BCUT2D eigenvalue weighted by Crippen LogP contribution is 2.22. The van der Waals surface area contributed by atoms with E-state index < -0.39 is 5.97 Å². The maximum Gasteiger partial charge on any atom is 0.339 e. The van der Waals surface area contributed by atoms with Gasteiger partial charge in [0, 0.05) is 9.75 Å². The van der Waals surface area contributed by atoms with Crippen LogP contribution in [0.2, 0.25) is 0 Å². The van der Waals surface area contributed by atoms with Gasteiger partial charge in [-0.15, -0.1) is 16.4 Å². The number of rotatable bonds is 6. The zero-order chi connectivity index (χ0) is 15.4. The van der Waals surface area contributed by atoms with Gasteiger partial charge in [0.2, 0.25) is 0 Å². The maximum absolute atomic E-state index is 11.6. The Morgan fingerprint density at radius 3 is 2.57 bits per heavy atom. The molecule has 2 aromatic heterocycles. The number of carbonyl (C=O) groups is 1.